The monoisotopic (exact) mass is 336 g/mol. The van der Waals surface area contributed by atoms with Crippen LogP contribution in [0.25, 0.3) is 0 Å². The zero-order chi connectivity index (χ0) is 17.6. The van der Waals surface area contributed by atoms with E-state index in [4.69, 9.17) is 0 Å². The minimum atomic E-state index is -0.0715. The minimum Gasteiger partial charge on any atom is -0.381 e. The molecule has 1 fully saturated rings. The van der Waals surface area contributed by atoms with Crippen molar-refractivity contribution in [2.45, 2.75) is 52.0 Å². The fraction of sp³-hybridized carbons (Fsp3) is 0.409. The average molecular weight is 336 g/mol. The van der Waals surface area contributed by atoms with Crippen molar-refractivity contribution in [3.63, 3.8) is 0 Å². The van der Waals surface area contributed by atoms with Crippen LogP contribution in [0.3, 0.4) is 0 Å². The normalized spacial score (nSPS) is 16.2. The number of rotatable bonds is 5. The van der Waals surface area contributed by atoms with Gasteiger partial charge in [-0.1, -0.05) is 43.5 Å². The molecule has 0 heterocycles. The molecule has 0 bridgehead atoms. The molecule has 2 aromatic rings. The molecule has 1 saturated carbocycles. The van der Waals surface area contributed by atoms with Crippen LogP contribution >= 0.6 is 0 Å². The number of anilines is 2. The van der Waals surface area contributed by atoms with E-state index >= 15 is 0 Å². The minimum absolute atomic E-state index is 0.0715. The third-order valence-corrected chi connectivity index (χ3v) is 5.20. The molecule has 3 rings (SSSR count). The molecule has 3 heteroatoms. The predicted molar refractivity (Wildman–Crippen MR) is 105 cm³/mol. The van der Waals surface area contributed by atoms with Crippen molar-refractivity contribution in [2.75, 3.05) is 10.6 Å². The van der Waals surface area contributed by atoms with Crippen LogP contribution in [-0.2, 0) is 0 Å². The molecule has 2 aromatic carbocycles. The highest BCUT2D eigenvalue weighted by molar-refractivity contribution is 6.05. The number of carbonyl (C=O) groups is 1. The lowest BCUT2D eigenvalue weighted by molar-refractivity contribution is 0.102. The van der Waals surface area contributed by atoms with E-state index in [9.17, 15) is 4.79 Å². The van der Waals surface area contributed by atoms with Gasteiger partial charge in [-0.05, 0) is 62.4 Å². The van der Waals surface area contributed by atoms with E-state index in [1.807, 2.05) is 42.5 Å². The molecule has 0 aromatic heterocycles. The summed E-state index contributed by atoms with van der Waals surface area (Å²) in [5.74, 6) is 0.643. The van der Waals surface area contributed by atoms with Crippen LogP contribution in [-0.4, -0.2) is 11.9 Å². The first-order chi connectivity index (χ1) is 12.1. The van der Waals surface area contributed by atoms with Gasteiger partial charge in [0.15, 0.2) is 0 Å². The Morgan fingerprint density at radius 1 is 1.00 bits per heavy atom. The topological polar surface area (TPSA) is 41.1 Å². The molecule has 0 saturated heterocycles. The van der Waals surface area contributed by atoms with E-state index in [1.165, 1.54) is 37.7 Å². The van der Waals surface area contributed by atoms with E-state index in [1.54, 1.807) is 0 Å². The molecule has 0 spiro atoms. The Kier molecular flexibility index (Phi) is 5.75. The number of hydrogen-bond donors (Lipinski definition) is 2. The summed E-state index contributed by atoms with van der Waals surface area (Å²) in [6.45, 7) is 4.35. The number of carbonyl (C=O) groups excluding carboxylic acids is 1. The van der Waals surface area contributed by atoms with Crippen molar-refractivity contribution in [3.05, 3.63) is 59.7 Å². The Morgan fingerprint density at radius 2 is 1.72 bits per heavy atom. The second kappa shape index (κ2) is 8.19. The summed E-state index contributed by atoms with van der Waals surface area (Å²) in [6, 6.07) is 15.9. The largest absolute Gasteiger partial charge is 0.381 e. The maximum atomic E-state index is 12.5. The van der Waals surface area contributed by atoms with Gasteiger partial charge in [0.2, 0.25) is 0 Å². The van der Waals surface area contributed by atoms with Crippen LogP contribution in [0.2, 0.25) is 0 Å². The van der Waals surface area contributed by atoms with Crippen molar-refractivity contribution in [3.8, 4) is 0 Å². The van der Waals surface area contributed by atoms with E-state index in [-0.39, 0.29) is 5.91 Å². The van der Waals surface area contributed by atoms with Crippen molar-refractivity contribution in [1.82, 2.24) is 0 Å². The third kappa shape index (κ3) is 4.62. The number of nitrogens with one attached hydrogen (secondary N) is 2. The van der Waals surface area contributed by atoms with Gasteiger partial charge in [0.1, 0.15) is 0 Å². The molecule has 2 N–H and O–H groups in total. The molecular weight excluding hydrogens is 308 g/mol. The van der Waals surface area contributed by atoms with Gasteiger partial charge in [-0.3, -0.25) is 4.79 Å². The molecule has 1 aliphatic rings. The van der Waals surface area contributed by atoms with Gasteiger partial charge in [0, 0.05) is 11.6 Å². The van der Waals surface area contributed by atoms with E-state index in [2.05, 4.69) is 30.5 Å². The van der Waals surface area contributed by atoms with Gasteiger partial charge < -0.3 is 10.6 Å². The number of amides is 1. The first-order valence-corrected chi connectivity index (χ1v) is 9.37. The molecule has 0 aliphatic heterocycles. The van der Waals surface area contributed by atoms with E-state index in [0.717, 1.165) is 11.4 Å². The van der Waals surface area contributed by atoms with Crippen molar-refractivity contribution in [2.24, 2.45) is 5.92 Å². The summed E-state index contributed by atoms with van der Waals surface area (Å²) in [5, 5.41) is 6.72. The maximum absolute atomic E-state index is 12.5. The lowest BCUT2D eigenvalue weighted by Crippen LogP contribution is -2.28. The van der Waals surface area contributed by atoms with Crippen LogP contribution in [0.15, 0.2) is 48.5 Å². The molecule has 1 amide bonds. The first kappa shape index (κ1) is 17.5. The summed E-state index contributed by atoms with van der Waals surface area (Å²) >= 11 is 0. The molecule has 25 heavy (non-hydrogen) atoms. The summed E-state index contributed by atoms with van der Waals surface area (Å²) in [6.07, 6.45) is 6.63. The highest BCUT2D eigenvalue weighted by Crippen LogP contribution is 2.31. The van der Waals surface area contributed by atoms with Crippen molar-refractivity contribution >= 4 is 17.3 Å². The zero-order valence-electron chi connectivity index (χ0n) is 15.2. The maximum Gasteiger partial charge on any atom is 0.255 e. The van der Waals surface area contributed by atoms with E-state index in [0.29, 0.717) is 17.5 Å². The summed E-state index contributed by atoms with van der Waals surface area (Å²) in [5.41, 5.74) is 3.73. The van der Waals surface area contributed by atoms with Crippen LogP contribution in [0.5, 0.6) is 0 Å². The predicted octanol–water partition coefficient (Wildman–Crippen LogP) is 5.63. The Balaban J connectivity index is 1.74. The first-order valence-electron chi connectivity index (χ1n) is 9.37. The molecule has 3 nitrogen and oxygen atoms in total. The van der Waals surface area contributed by atoms with Gasteiger partial charge in [-0.2, -0.15) is 0 Å². The summed E-state index contributed by atoms with van der Waals surface area (Å²) < 4.78 is 0. The second-order valence-corrected chi connectivity index (χ2v) is 7.20. The second-order valence-electron chi connectivity index (χ2n) is 7.20. The zero-order valence-corrected chi connectivity index (χ0v) is 15.2. The molecule has 1 aliphatic carbocycles. The van der Waals surface area contributed by atoms with Crippen molar-refractivity contribution in [1.29, 1.82) is 0 Å². The molecule has 1 unspecified atom stereocenters. The molecule has 1 atom stereocenters. The Labute approximate surface area is 150 Å². The van der Waals surface area contributed by atoms with Crippen LogP contribution < -0.4 is 10.6 Å². The molecular formula is C22H28N2O. The SMILES string of the molecule is Cc1ccc(NC(=O)c2ccccc2)c(NC(C)C2CCCCC2)c1. The van der Waals surface area contributed by atoms with Gasteiger partial charge in [-0.15, -0.1) is 0 Å². The lowest BCUT2D eigenvalue weighted by atomic mass is 9.84. The Hall–Kier alpha value is -2.29. The van der Waals surface area contributed by atoms with Crippen LogP contribution in [0.4, 0.5) is 11.4 Å². The van der Waals surface area contributed by atoms with Crippen molar-refractivity contribution < 1.29 is 4.79 Å². The van der Waals surface area contributed by atoms with Gasteiger partial charge in [0.05, 0.1) is 11.4 Å². The number of aryl methyl sites for hydroxylation is 1. The quantitative estimate of drug-likeness (QED) is 0.743. The number of hydrogen-bond acceptors (Lipinski definition) is 2. The average Bonchev–Trinajstić information content (AvgIpc) is 2.65. The lowest BCUT2D eigenvalue weighted by Gasteiger charge is -2.29. The van der Waals surface area contributed by atoms with E-state index < -0.39 is 0 Å². The van der Waals surface area contributed by atoms with Crippen LogP contribution in [0.1, 0.15) is 54.9 Å². The fourth-order valence-electron chi connectivity index (χ4n) is 3.67. The van der Waals surface area contributed by atoms with Gasteiger partial charge >= 0.3 is 0 Å². The molecule has 0 radical (unpaired) electrons. The smallest absolute Gasteiger partial charge is 0.255 e. The fourth-order valence-corrected chi connectivity index (χ4v) is 3.67. The third-order valence-electron chi connectivity index (χ3n) is 5.20. The van der Waals surface area contributed by atoms with Gasteiger partial charge in [0.25, 0.3) is 5.91 Å². The summed E-state index contributed by atoms with van der Waals surface area (Å²) in [4.78, 5) is 12.5. The standard InChI is InChI=1S/C22H28N2O/c1-16-13-14-20(24-22(25)19-11-7-4-8-12-19)21(15-16)23-17(2)18-9-5-3-6-10-18/h4,7-8,11-15,17-18,23H,3,5-6,9-10H2,1-2H3,(H,24,25). The Bertz CT molecular complexity index is 705. The summed E-state index contributed by atoms with van der Waals surface area (Å²) in [7, 11) is 0. The van der Waals surface area contributed by atoms with Gasteiger partial charge in [-0.25, -0.2) is 0 Å². The highest BCUT2D eigenvalue weighted by atomic mass is 16.1. The van der Waals surface area contributed by atoms with Crippen LogP contribution in [0, 0.1) is 12.8 Å². The number of benzene rings is 2. The Morgan fingerprint density at radius 3 is 2.44 bits per heavy atom. The highest BCUT2D eigenvalue weighted by Gasteiger charge is 2.21. The molecule has 132 valence electrons.